The van der Waals surface area contributed by atoms with Crippen LogP contribution < -0.4 is 10.1 Å². The Hall–Kier alpha value is -1.22. The maximum Gasteiger partial charge on any atom is 0.120 e. The Morgan fingerprint density at radius 3 is 3.00 bits per heavy atom. The Kier molecular flexibility index (Phi) is 9.71. The zero-order chi connectivity index (χ0) is 15.3. The predicted molar refractivity (Wildman–Crippen MR) is 87.8 cm³/mol. The molecule has 0 heterocycles. The van der Waals surface area contributed by atoms with Crippen LogP contribution in [0.2, 0.25) is 0 Å². The number of nitrogens with one attached hydrogen (secondary N) is 1. The SMILES string of the molecule is CSCCCCCNCC(O)COc1cccc(C#N)c1. The van der Waals surface area contributed by atoms with Crippen molar-refractivity contribution in [1.82, 2.24) is 5.32 Å². The number of nitriles is 1. The van der Waals surface area contributed by atoms with Gasteiger partial charge >= 0.3 is 0 Å². The molecule has 0 aliphatic carbocycles. The summed E-state index contributed by atoms with van der Waals surface area (Å²) in [4.78, 5) is 0. The van der Waals surface area contributed by atoms with Crippen molar-refractivity contribution in [1.29, 1.82) is 5.26 Å². The van der Waals surface area contributed by atoms with Crippen molar-refractivity contribution in [3.63, 3.8) is 0 Å². The molecule has 5 heteroatoms. The lowest BCUT2D eigenvalue weighted by molar-refractivity contribution is 0.106. The standard InChI is InChI=1S/C16H24N2O2S/c1-21-9-4-2-3-8-18-12-15(19)13-20-16-7-5-6-14(10-16)11-17/h5-7,10,15,18-19H,2-4,8-9,12-13H2,1H3. The maximum absolute atomic E-state index is 9.82. The summed E-state index contributed by atoms with van der Waals surface area (Å²) < 4.78 is 5.48. The van der Waals surface area contributed by atoms with Crippen molar-refractivity contribution in [2.75, 3.05) is 31.7 Å². The molecule has 0 radical (unpaired) electrons. The van der Waals surface area contributed by atoms with Gasteiger partial charge in [0, 0.05) is 6.54 Å². The molecule has 0 bridgehead atoms. The summed E-state index contributed by atoms with van der Waals surface area (Å²) in [6, 6.07) is 9.01. The number of aliphatic hydroxyl groups excluding tert-OH is 1. The number of hydrogen-bond acceptors (Lipinski definition) is 5. The van der Waals surface area contributed by atoms with E-state index in [4.69, 9.17) is 10.00 Å². The summed E-state index contributed by atoms with van der Waals surface area (Å²) >= 11 is 1.88. The van der Waals surface area contributed by atoms with Gasteiger partial charge in [0.2, 0.25) is 0 Å². The van der Waals surface area contributed by atoms with E-state index in [0.717, 1.165) is 13.0 Å². The number of hydrogen-bond donors (Lipinski definition) is 2. The van der Waals surface area contributed by atoms with Gasteiger partial charge in [-0.3, -0.25) is 0 Å². The normalized spacial score (nSPS) is 11.9. The number of aliphatic hydroxyl groups is 1. The minimum atomic E-state index is -0.540. The van der Waals surface area contributed by atoms with Crippen LogP contribution in [-0.4, -0.2) is 42.9 Å². The second kappa shape index (κ2) is 11.4. The van der Waals surface area contributed by atoms with Gasteiger partial charge in [0.1, 0.15) is 18.5 Å². The molecule has 0 amide bonds. The zero-order valence-electron chi connectivity index (χ0n) is 12.5. The number of unbranched alkanes of at least 4 members (excludes halogenated alkanes) is 2. The van der Waals surface area contributed by atoms with Crippen LogP contribution in [0.3, 0.4) is 0 Å². The molecule has 4 nitrogen and oxygen atoms in total. The van der Waals surface area contributed by atoms with Gasteiger partial charge in [-0.05, 0) is 49.6 Å². The van der Waals surface area contributed by atoms with E-state index in [1.165, 1.54) is 18.6 Å². The van der Waals surface area contributed by atoms with Crippen molar-refractivity contribution in [3.8, 4) is 11.8 Å². The van der Waals surface area contributed by atoms with E-state index in [0.29, 0.717) is 17.9 Å². The fourth-order valence-electron chi connectivity index (χ4n) is 1.85. The molecule has 1 aromatic carbocycles. The zero-order valence-corrected chi connectivity index (χ0v) is 13.4. The Morgan fingerprint density at radius 2 is 2.24 bits per heavy atom. The summed E-state index contributed by atoms with van der Waals surface area (Å²) in [5.74, 6) is 1.84. The van der Waals surface area contributed by atoms with E-state index in [-0.39, 0.29) is 6.61 Å². The molecule has 116 valence electrons. The third-order valence-electron chi connectivity index (χ3n) is 2.99. The minimum Gasteiger partial charge on any atom is -0.491 e. The van der Waals surface area contributed by atoms with Crippen molar-refractivity contribution >= 4 is 11.8 Å². The van der Waals surface area contributed by atoms with Crippen molar-refractivity contribution in [2.24, 2.45) is 0 Å². The molecule has 0 aliphatic rings. The van der Waals surface area contributed by atoms with Gasteiger partial charge < -0.3 is 15.2 Å². The van der Waals surface area contributed by atoms with E-state index in [2.05, 4.69) is 17.6 Å². The molecular weight excluding hydrogens is 284 g/mol. The summed E-state index contributed by atoms with van der Waals surface area (Å²) in [6.45, 7) is 1.68. The lowest BCUT2D eigenvalue weighted by atomic mass is 10.2. The number of thioether (sulfide) groups is 1. The molecule has 0 fully saturated rings. The molecule has 0 spiro atoms. The van der Waals surface area contributed by atoms with Crippen LogP contribution in [-0.2, 0) is 0 Å². The summed E-state index contributed by atoms with van der Waals surface area (Å²) in [7, 11) is 0. The van der Waals surface area contributed by atoms with Gasteiger partial charge in [0.15, 0.2) is 0 Å². The summed E-state index contributed by atoms with van der Waals surface area (Å²) in [5, 5.41) is 21.8. The molecule has 1 atom stereocenters. The highest BCUT2D eigenvalue weighted by molar-refractivity contribution is 7.98. The highest BCUT2D eigenvalue weighted by Gasteiger charge is 2.05. The van der Waals surface area contributed by atoms with Crippen LogP contribution >= 0.6 is 11.8 Å². The van der Waals surface area contributed by atoms with Crippen molar-refractivity contribution < 1.29 is 9.84 Å². The third kappa shape index (κ3) is 8.61. The Bertz CT molecular complexity index is 435. The van der Waals surface area contributed by atoms with E-state index in [9.17, 15) is 5.11 Å². The first-order valence-corrected chi connectivity index (χ1v) is 8.66. The van der Waals surface area contributed by atoms with Gasteiger partial charge in [0.05, 0.1) is 11.6 Å². The molecule has 0 aromatic heterocycles. The number of benzene rings is 1. The van der Waals surface area contributed by atoms with Gasteiger partial charge in [-0.15, -0.1) is 0 Å². The summed E-state index contributed by atoms with van der Waals surface area (Å²) in [6.07, 6.45) is 5.20. The van der Waals surface area contributed by atoms with Gasteiger partial charge in [-0.2, -0.15) is 17.0 Å². The average molecular weight is 308 g/mol. The molecular formula is C16H24N2O2S. The number of rotatable bonds is 11. The lowest BCUT2D eigenvalue weighted by Crippen LogP contribution is -2.32. The van der Waals surface area contributed by atoms with E-state index in [1.54, 1.807) is 24.3 Å². The third-order valence-corrected chi connectivity index (χ3v) is 3.68. The Morgan fingerprint density at radius 1 is 1.38 bits per heavy atom. The minimum absolute atomic E-state index is 0.231. The van der Waals surface area contributed by atoms with Crippen LogP contribution in [0, 0.1) is 11.3 Å². The first-order chi connectivity index (χ1) is 10.3. The van der Waals surface area contributed by atoms with Crippen LogP contribution in [0.15, 0.2) is 24.3 Å². The van der Waals surface area contributed by atoms with E-state index in [1.807, 2.05) is 11.8 Å². The Balaban J connectivity index is 2.08. The molecule has 1 unspecified atom stereocenters. The van der Waals surface area contributed by atoms with E-state index < -0.39 is 6.10 Å². The quantitative estimate of drug-likeness (QED) is 0.615. The smallest absolute Gasteiger partial charge is 0.120 e. The van der Waals surface area contributed by atoms with Crippen LogP contribution in [0.4, 0.5) is 0 Å². The summed E-state index contributed by atoms with van der Waals surface area (Å²) in [5.41, 5.74) is 0.561. The molecule has 1 aromatic rings. The van der Waals surface area contributed by atoms with Gasteiger partial charge in [-0.1, -0.05) is 12.5 Å². The number of nitrogens with zero attached hydrogens (tertiary/aromatic N) is 1. The van der Waals surface area contributed by atoms with Crippen molar-refractivity contribution in [2.45, 2.75) is 25.4 Å². The van der Waals surface area contributed by atoms with Crippen LogP contribution in [0.1, 0.15) is 24.8 Å². The van der Waals surface area contributed by atoms with Gasteiger partial charge in [0.25, 0.3) is 0 Å². The largest absolute Gasteiger partial charge is 0.491 e. The first kappa shape index (κ1) is 17.8. The molecule has 0 aliphatic heterocycles. The predicted octanol–water partition coefficient (Wildman–Crippen LogP) is 2.42. The van der Waals surface area contributed by atoms with Gasteiger partial charge in [-0.25, -0.2) is 0 Å². The topological polar surface area (TPSA) is 65.3 Å². The fourth-order valence-corrected chi connectivity index (χ4v) is 2.34. The van der Waals surface area contributed by atoms with Crippen LogP contribution in [0.25, 0.3) is 0 Å². The highest BCUT2D eigenvalue weighted by atomic mass is 32.2. The molecule has 0 saturated carbocycles. The molecule has 0 saturated heterocycles. The maximum atomic E-state index is 9.82. The average Bonchev–Trinajstić information content (AvgIpc) is 2.52. The second-order valence-electron chi connectivity index (χ2n) is 4.86. The Labute approximate surface area is 131 Å². The lowest BCUT2D eigenvalue weighted by Gasteiger charge is -2.13. The second-order valence-corrected chi connectivity index (χ2v) is 5.85. The number of ether oxygens (including phenoxy) is 1. The molecule has 21 heavy (non-hydrogen) atoms. The van der Waals surface area contributed by atoms with E-state index >= 15 is 0 Å². The first-order valence-electron chi connectivity index (χ1n) is 7.27. The molecule has 2 N–H and O–H groups in total. The monoisotopic (exact) mass is 308 g/mol. The van der Waals surface area contributed by atoms with Crippen LogP contribution in [0.5, 0.6) is 5.75 Å². The molecule has 1 rings (SSSR count). The highest BCUT2D eigenvalue weighted by Crippen LogP contribution is 2.12. The van der Waals surface area contributed by atoms with Crippen molar-refractivity contribution in [3.05, 3.63) is 29.8 Å². The fraction of sp³-hybridized carbons (Fsp3) is 0.562.